The lowest BCUT2D eigenvalue weighted by Crippen LogP contribution is -2.37. The maximum absolute atomic E-state index is 13.0. The second-order valence-electron chi connectivity index (χ2n) is 7.70. The summed E-state index contributed by atoms with van der Waals surface area (Å²) >= 11 is 0. The highest BCUT2D eigenvalue weighted by Crippen LogP contribution is 2.30. The third-order valence-electron chi connectivity index (χ3n) is 5.29. The smallest absolute Gasteiger partial charge is 0.255 e. The standard InChI is InChI=1S/C25H23FN2O3/c1-16-2-6-18(7-3-16)25(30)28-22-10-11-23-19(13-22)12-20(15-31-23)24(29)27-14-17-4-8-21(26)9-5-17/h2-11,13,20H,12,14-15H2,1H3,(H,27,29)(H,28,30)/t20-/m0/s1. The number of carbonyl (C=O) groups excluding carboxylic acids is 2. The Balaban J connectivity index is 1.38. The van der Waals surface area contributed by atoms with E-state index in [1.54, 1.807) is 30.3 Å². The second-order valence-corrected chi connectivity index (χ2v) is 7.70. The molecule has 0 spiro atoms. The Morgan fingerprint density at radius 1 is 1.03 bits per heavy atom. The fourth-order valence-corrected chi connectivity index (χ4v) is 3.48. The Bertz CT molecular complexity index is 1090. The maximum atomic E-state index is 13.0. The van der Waals surface area contributed by atoms with Crippen LogP contribution < -0.4 is 15.4 Å². The molecule has 31 heavy (non-hydrogen) atoms. The molecule has 0 unspecified atom stereocenters. The van der Waals surface area contributed by atoms with Crippen LogP contribution in [0.2, 0.25) is 0 Å². The Morgan fingerprint density at radius 2 is 1.77 bits per heavy atom. The van der Waals surface area contributed by atoms with E-state index < -0.39 is 0 Å². The van der Waals surface area contributed by atoms with E-state index in [9.17, 15) is 14.0 Å². The van der Waals surface area contributed by atoms with Gasteiger partial charge in [0.2, 0.25) is 5.91 Å². The third-order valence-corrected chi connectivity index (χ3v) is 5.29. The van der Waals surface area contributed by atoms with Gasteiger partial charge in [0, 0.05) is 17.8 Å². The van der Waals surface area contributed by atoms with Crippen LogP contribution in [-0.2, 0) is 17.8 Å². The number of fused-ring (bicyclic) bond motifs is 1. The summed E-state index contributed by atoms with van der Waals surface area (Å²) in [5.74, 6) is -0.237. The molecule has 1 atom stereocenters. The van der Waals surface area contributed by atoms with Crippen LogP contribution in [-0.4, -0.2) is 18.4 Å². The highest BCUT2D eigenvalue weighted by molar-refractivity contribution is 6.04. The number of anilines is 1. The molecule has 0 fully saturated rings. The quantitative estimate of drug-likeness (QED) is 0.651. The third kappa shape index (κ3) is 5.09. The predicted molar refractivity (Wildman–Crippen MR) is 117 cm³/mol. The lowest BCUT2D eigenvalue weighted by molar-refractivity contribution is -0.126. The van der Waals surface area contributed by atoms with Gasteiger partial charge >= 0.3 is 0 Å². The highest BCUT2D eigenvalue weighted by atomic mass is 19.1. The van der Waals surface area contributed by atoms with Crippen LogP contribution in [0.4, 0.5) is 10.1 Å². The normalized spacial score (nSPS) is 14.8. The average Bonchev–Trinajstić information content (AvgIpc) is 2.78. The van der Waals surface area contributed by atoms with E-state index in [1.165, 1.54) is 12.1 Å². The van der Waals surface area contributed by atoms with Gasteiger partial charge in [0.05, 0.1) is 5.92 Å². The van der Waals surface area contributed by atoms with Crippen LogP contribution in [0.5, 0.6) is 5.75 Å². The van der Waals surface area contributed by atoms with Gasteiger partial charge in [0.25, 0.3) is 5.91 Å². The number of nitrogens with one attached hydrogen (secondary N) is 2. The topological polar surface area (TPSA) is 67.4 Å². The molecule has 0 saturated heterocycles. The monoisotopic (exact) mass is 418 g/mol. The zero-order chi connectivity index (χ0) is 21.8. The number of halogens is 1. The van der Waals surface area contributed by atoms with E-state index in [2.05, 4.69) is 10.6 Å². The van der Waals surface area contributed by atoms with E-state index in [0.29, 0.717) is 24.2 Å². The van der Waals surface area contributed by atoms with Crippen LogP contribution in [0.3, 0.4) is 0 Å². The molecule has 158 valence electrons. The minimum atomic E-state index is -0.337. The molecule has 2 amide bonds. The molecule has 3 aromatic rings. The van der Waals surface area contributed by atoms with E-state index in [-0.39, 0.29) is 30.2 Å². The first-order chi connectivity index (χ1) is 15.0. The van der Waals surface area contributed by atoms with Gasteiger partial charge in [-0.05, 0) is 66.9 Å². The Labute approximate surface area is 180 Å². The molecule has 1 heterocycles. The summed E-state index contributed by atoms with van der Waals surface area (Å²) < 4.78 is 18.8. The van der Waals surface area contributed by atoms with E-state index >= 15 is 0 Å². The average molecular weight is 418 g/mol. The summed E-state index contributed by atoms with van der Waals surface area (Å²) in [7, 11) is 0. The van der Waals surface area contributed by atoms with Crippen LogP contribution in [0, 0.1) is 18.7 Å². The van der Waals surface area contributed by atoms with Crippen molar-refractivity contribution in [2.45, 2.75) is 19.9 Å². The van der Waals surface area contributed by atoms with Gasteiger partial charge in [-0.15, -0.1) is 0 Å². The molecule has 1 aliphatic rings. The summed E-state index contributed by atoms with van der Waals surface area (Å²) in [6, 6.07) is 18.8. The van der Waals surface area contributed by atoms with E-state index in [0.717, 1.165) is 22.4 Å². The van der Waals surface area contributed by atoms with Crippen LogP contribution in [0.1, 0.15) is 27.0 Å². The number of ether oxygens (including phenoxy) is 1. The zero-order valence-electron chi connectivity index (χ0n) is 17.2. The molecule has 5 nitrogen and oxygen atoms in total. The van der Waals surface area contributed by atoms with E-state index in [4.69, 9.17) is 4.74 Å². The van der Waals surface area contributed by atoms with Crippen molar-refractivity contribution >= 4 is 17.5 Å². The molecule has 0 saturated carbocycles. The number of aryl methyl sites for hydroxylation is 1. The molecule has 2 N–H and O–H groups in total. The minimum absolute atomic E-state index is 0.121. The first kappa shape index (κ1) is 20.6. The van der Waals surface area contributed by atoms with Gasteiger partial charge in [0.15, 0.2) is 0 Å². The number of amides is 2. The molecule has 4 rings (SSSR count). The zero-order valence-corrected chi connectivity index (χ0v) is 17.2. The van der Waals surface area contributed by atoms with Gasteiger partial charge in [-0.1, -0.05) is 29.8 Å². The molecule has 0 bridgehead atoms. The van der Waals surface area contributed by atoms with Gasteiger partial charge in [-0.25, -0.2) is 4.39 Å². The summed E-state index contributed by atoms with van der Waals surface area (Å²) in [5.41, 5.74) is 4.02. The predicted octanol–water partition coefficient (Wildman–Crippen LogP) is 4.25. The Kier molecular flexibility index (Phi) is 5.98. The molecular formula is C25H23FN2O3. The summed E-state index contributed by atoms with van der Waals surface area (Å²) in [6.45, 7) is 2.59. The van der Waals surface area contributed by atoms with Crippen molar-refractivity contribution in [3.8, 4) is 5.75 Å². The maximum Gasteiger partial charge on any atom is 0.255 e. The second kappa shape index (κ2) is 9.00. The van der Waals surface area contributed by atoms with Crippen molar-refractivity contribution in [1.82, 2.24) is 5.32 Å². The fourth-order valence-electron chi connectivity index (χ4n) is 3.48. The van der Waals surface area contributed by atoms with Crippen molar-refractivity contribution < 1.29 is 18.7 Å². The Hall–Kier alpha value is -3.67. The first-order valence-electron chi connectivity index (χ1n) is 10.1. The molecule has 6 heteroatoms. The van der Waals surface area contributed by atoms with Crippen LogP contribution in [0.25, 0.3) is 0 Å². The SMILES string of the molecule is Cc1ccc(C(=O)Nc2ccc3c(c2)C[C@H](C(=O)NCc2ccc(F)cc2)CO3)cc1. The molecule has 0 radical (unpaired) electrons. The number of hydrogen-bond acceptors (Lipinski definition) is 3. The van der Waals surface area contributed by atoms with Crippen molar-refractivity contribution in [3.63, 3.8) is 0 Å². The largest absolute Gasteiger partial charge is 0.492 e. The number of rotatable bonds is 5. The van der Waals surface area contributed by atoms with Crippen LogP contribution >= 0.6 is 0 Å². The minimum Gasteiger partial charge on any atom is -0.492 e. The lowest BCUT2D eigenvalue weighted by atomic mass is 9.95. The number of carbonyl (C=O) groups is 2. The lowest BCUT2D eigenvalue weighted by Gasteiger charge is -2.25. The molecular weight excluding hydrogens is 395 g/mol. The van der Waals surface area contributed by atoms with Crippen molar-refractivity contribution in [1.29, 1.82) is 0 Å². The molecule has 1 aliphatic heterocycles. The van der Waals surface area contributed by atoms with Gasteiger partial charge in [-0.3, -0.25) is 9.59 Å². The number of hydrogen-bond donors (Lipinski definition) is 2. The highest BCUT2D eigenvalue weighted by Gasteiger charge is 2.26. The van der Waals surface area contributed by atoms with Gasteiger partial charge in [-0.2, -0.15) is 0 Å². The number of benzene rings is 3. The van der Waals surface area contributed by atoms with Crippen molar-refractivity contribution in [3.05, 3.63) is 94.8 Å². The summed E-state index contributed by atoms with van der Waals surface area (Å²) in [6.07, 6.45) is 0.513. The van der Waals surface area contributed by atoms with E-state index in [1.807, 2.05) is 31.2 Å². The summed E-state index contributed by atoms with van der Waals surface area (Å²) in [5, 5.41) is 5.78. The molecule has 0 aliphatic carbocycles. The van der Waals surface area contributed by atoms with Gasteiger partial charge < -0.3 is 15.4 Å². The van der Waals surface area contributed by atoms with Crippen molar-refractivity contribution in [2.75, 3.05) is 11.9 Å². The van der Waals surface area contributed by atoms with Crippen LogP contribution in [0.15, 0.2) is 66.7 Å². The van der Waals surface area contributed by atoms with Crippen molar-refractivity contribution in [2.24, 2.45) is 5.92 Å². The Morgan fingerprint density at radius 3 is 2.52 bits per heavy atom. The molecule has 0 aromatic heterocycles. The molecule has 3 aromatic carbocycles. The fraction of sp³-hybridized carbons (Fsp3) is 0.200. The van der Waals surface area contributed by atoms with Gasteiger partial charge in [0.1, 0.15) is 18.2 Å². The first-order valence-corrected chi connectivity index (χ1v) is 10.1. The summed E-state index contributed by atoms with van der Waals surface area (Å²) in [4.78, 5) is 25.1.